The highest BCUT2D eigenvalue weighted by Gasteiger charge is 2.39. The van der Waals surface area contributed by atoms with Gasteiger partial charge in [0.1, 0.15) is 5.75 Å². The Morgan fingerprint density at radius 2 is 1.69 bits per heavy atom. The largest absolute Gasteiger partial charge is 0.497 e. The Kier molecular flexibility index (Phi) is 7.60. The molecule has 4 rings (SSSR count). The highest BCUT2D eigenvalue weighted by atomic mass is 32.2. The fourth-order valence-corrected chi connectivity index (χ4v) is 7.04. The van der Waals surface area contributed by atoms with E-state index < -0.39 is 19.9 Å². The highest BCUT2D eigenvalue weighted by molar-refractivity contribution is 7.90. The molecule has 1 saturated carbocycles. The molecule has 2 aromatic carbocycles. The summed E-state index contributed by atoms with van der Waals surface area (Å²) in [6.07, 6.45) is 2.95. The maximum absolute atomic E-state index is 13.5. The number of imidazole rings is 1. The summed E-state index contributed by atoms with van der Waals surface area (Å²) in [5.41, 5.74) is 1.15. The Morgan fingerprint density at radius 1 is 1.00 bits per heavy atom. The van der Waals surface area contributed by atoms with Crippen molar-refractivity contribution in [1.82, 2.24) is 13.9 Å². The van der Waals surface area contributed by atoms with E-state index in [1.807, 2.05) is 6.07 Å². The average molecular weight is 520 g/mol. The van der Waals surface area contributed by atoms with Gasteiger partial charge in [0.15, 0.2) is 0 Å². The lowest BCUT2D eigenvalue weighted by molar-refractivity contribution is 0.182. The van der Waals surface area contributed by atoms with Gasteiger partial charge in [-0.05, 0) is 42.7 Å². The first-order valence-corrected chi connectivity index (χ1v) is 14.3. The van der Waals surface area contributed by atoms with Gasteiger partial charge in [-0.3, -0.25) is 0 Å². The summed E-state index contributed by atoms with van der Waals surface area (Å²) in [6.45, 7) is 0.499. The van der Waals surface area contributed by atoms with E-state index in [2.05, 4.69) is 4.98 Å². The van der Waals surface area contributed by atoms with Crippen LogP contribution in [-0.2, 0) is 43.4 Å². The minimum absolute atomic E-state index is 0.0105. The van der Waals surface area contributed by atoms with E-state index in [0.29, 0.717) is 17.0 Å². The van der Waals surface area contributed by atoms with Crippen molar-refractivity contribution in [3.05, 3.63) is 72.1 Å². The van der Waals surface area contributed by atoms with Crippen LogP contribution in [-0.4, -0.2) is 57.6 Å². The Labute approximate surface area is 206 Å². The number of aromatic nitrogens is 2. The van der Waals surface area contributed by atoms with Gasteiger partial charge in [-0.25, -0.2) is 21.8 Å². The van der Waals surface area contributed by atoms with Crippen molar-refractivity contribution < 1.29 is 26.3 Å². The van der Waals surface area contributed by atoms with E-state index in [9.17, 15) is 16.8 Å². The summed E-state index contributed by atoms with van der Waals surface area (Å²) in [7, 11) is -4.55. The molecular weight excluding hydrogens is 490 g/mol. The smallest absolute Gasteiger partial charge is 0.243 e. The van der Waals surface area contributed by atoms with E-state index in [4.69, 9.17) is 9.47 Å². The minimum atomic E-state index is -3.82. The van der Waals surface area contributed by atoms with Gasteiger partial charge >= 0.3 is 0 Å². The molecule has 0 unspecified atom stereocenters. The van der Waals surface area contributed by atoms with Crippen LogP contribution in [0.15, 0.2) is 70.8 Å². The van der Waals surface area contributed by atoms with Crippen molar-refractivity contribution in [2.75, 3.05) is 20.8 Å². The lowest BCUT2D eigenvalue weighted by Crippen LogP contribution is -2.33. The van der Waals surface area contributed by atoms with Gasteiger partial charge in [0.25, 0.3) is 0 Å². The molecule has 0 aliphatic heterocycles. The second-order valence-electron chi connectivity index (χ2n) is 8.38. The Bertz CT molecular complexity index is 1350. The zero-order chi connectivity index (χ0) is 25.1. The molecule has 1 heterocycles. The zero-order valence-electron chi connectivity index (χ0n) is 19.7. The molecule has 0 saturated heterocycles. The maximum atomic E-state index is 13.5. The molecule has 3 aromatic rings. The summed E-state index contributed by atoms with van der Waals surface area (Å²) in [4.78, 5) is 4.39. The number of sulfone groups is 1. The van der Waals surface area contributed by atoms with E-state index in [1.165, 1.54) is 36.9 Å². The number of rotatable bonds is 12. The number of nitrogens with zero attached hydrogens (tertiary/aromatic N) is 3. The first-order chi connectivity index (χ1) is 16.8. The first kappa shape index (κ1) is 25.4. The molecule has 1 aromatic heterocycles. The summed E-state index contributed by atoms with van der Waals surface area (Å²) >= 11 is 0. The minimum Gasteiger partial charge on any atom is -0.497 e. The van der Waals surface area contributed by atoms with Crippen LogP contribution >= 0.6 is 0 Å². The second-order valence-corrected chi connectivity index (χ2v) is 12.2. The van der Waals surface area contributed by atoms with Crippen molar-refractivity contribution in [3.8, 4) is 5.75 Å². The monoisotopic (exact) mass is 519 g/mol. The molecule has 0 amide bonds. The maximum Gasteiger partial charge on any atom is 0.243 e. The SMILES string of the molecule is COCCn1c(CN(C2CC2)S(=O)(=O)c2ccc(OC)cc2)cnc1S(=O)(=O)Cc1ccccc1. The van der Waals surface area contributed by atoms with Crippen LogP contribution in [0.25, 0.3) is 0 Å². The lowest BCUT2D eigenvalue weighted by atomic mass is 10.2. The van der Waals surface area contributed by atoms with E-state index in [-0.39, 0.29) is 41.5 Å². The standard InChI is InChI=1S/C24H29N3O6S2/c1-32-15-14-26-21(16-25-24(26)34(28,29)18-19-6-4-3-5-7-19)17-27(20-8-9-20)35(30,31)23-12-10-22(33-2)11-13-23/h3-7,10-13,16,20H,8-9,14-15,17-18H2,1-2H3. The number of hydrogen-bond donors (Lipinski definition) is 0. The fourth-order valence-electron chi connectivity index (χ4n) is 3.86. The van der Waals surface area contributed by atoms with Crippen molar-refractivity contribution >= 4 is 19.9 Å². The van der Waals surface area contributed by atoms with Gasteiger partial charge in [-0.2, -0.15) is 4.31 Å². The molecule has 0 atom stereocenters. The third kappa shape index (κ3) is 5.75. The van der Waals surface area contributed by atoms with Crippen molar-refractivity contribution in [2.45, 2.75) is 47.8 Å². The Morgan fingerprint density at radius 3 is 2.29 bits per heavy atom. The van der Waals surface area contributed by atoms with Crippen LogP contribution in [0.3, 0.4) is 0 Å². The number of methoxy groups -OCH3 is 2. The van der Waals surface area contributed by atoms with Crippen molar-refractivity contribution in [2.24, 2.45) is 0 Å². The number of ether oxygens (including phenoxy) is 2. The van der Waals surface area contributed by atoms with Crippen LogP contribution in [0.1, 0.15) is 24.1 Å². The van der Waals surface area contributed by atoms with Crippen LogP contribution in [0.4, 0.5) is 0 Å². The predicted molar refractivity (Wildman–Crippen MR) is 130 cm³/mol. The Balaban J connectivity index is 1.67. The summed E-state index contributed by atoms with van der Waals surface area (Å²) in [5.74, 6) is 0.362. The molecule has 0 spiro atoms. The van der Waals surface area contributed by atoms with Gasteiger partial charge in [-0.15, -0.1) is 0 Å². The molecule has 0 N–H and O–H groups in total. The number of benzene rings is 2. The third-order valence-electron chi connectivity index (χ3n) is 5.84. The van der Waals surface area contributed by atoms with Gasteiger partial charge in [0.2, 0.25) is 25.0 Å². The second kappa shape index (κ2) is 10.5. The quantitative estimate of drug-likeness (QED) is 0.362. The predicted octanol–water partition coefficient (Wildman–Crippen LogP) is 2.87. The molecule has 188 valence electrons. The Hall–Kier alpha value is -2.73. The van der Waals surface area contributed by atoms with Crippen molar-refractivity contribution in [1.29, 1.82) is 0 Å². The number of hydrogen-bond acceptors (Lipinski definition) is 7. The lowest BCUT2D eigenvalue weighted by Gasteiger charge is -2.23. The molecule has 1 aliphatic rings. The van der Waals surface area contributed by atoms with Crippen LogP contribution in [0.2, 0.25) is 0 Å². The van der Waals surface area contributed by atoms with Gasteiger partial charge in [0.05, 0.1) is 42.8 Å². The first-order valence-electron chi connectivity index (χ1n) is 11.2. The third-order valence-corrected chi connectivity index (χ3v) is 9.34. The van der Waals surface area contributed by atoms with Crippen LogP contribution in [0, 0.1) is 0 Å². The molecular formula is C24H29N3O6S2. The van der Waals surface area contributed by atoms with Gasteiger partial charge in [-0.1, -0.05) is 30.3 Å². The van der Waals surface area contributed by atoms with E-state index in [0.717, 1.165) is 12.8 Å². The molecule has 0 bridgehead atoms. The number of sulfonamides is 1. The molecule has 1 aliphatic carbocycles. The van der Waals surface area contributed by atoms with E-state index >= 15 is 0 Å². The summed E-state index contributed by atoms with van der Waals surface area (Å²) < 4.78 is 66.8. The average Bonchev–Trinajstić information content (AvgIpc) is 3.60. The summed E-state index contributed by atoms with van der Waals surface area (Å²) in [6, 6.07) is 15.0. The topological polar surface area (TPSA) is 108 Å². The molecule has 11 heteroatoms. The fraction of sp³-hybridized carbons (Fsp3) is 0.375. The molecule has 9 nitrogen and oxygen atoms in total. The van der Waals surface area contributed by atoms with Gasteiger partial charge < -0.3 is 14.0 Å². The molecule has 35 heavy (non-hydrogen) atoms. The van der Waals surface area contributed by atoms with Crippen LogP contribution in [0.5, 0.6) is 5.75 Å². The molecule has 1 fully saturated rings. The van der Waals surface area contributed by atoms with Gasteiger partial charge in [0, 0.05) is 19.7 Å². The van der Waals surface area contributed by atoms with Crippen molar-refractivity contribution in [3.63, 3.8) is 0 Å². The zero-order valence-corrected chi connectivity index (χ0v) is 21.3. The summed E-state index contributed by atoms with van der Waals surface area (Å²) in [5, 5.41) is -0.0917. The van der Waals surface area contributed by atoms with E-state index in [1.54, 1.807) is 41.0 Å². The molecule has 0 radical (unpaired) electrons. The normalized spacial score (nSPS) is 14.4. The highest BCUT2D eigenvalue weighted by Crippen LogP contribution is 2.34. The van der Waals surface area contributed by atoms with Crippen LogP contribution < -0.4 is 4.74 Å².